The molecule has 0 radical (unpaired) electrons. The highest BCUT2D eigenvalue weighted by molar-refractivity contribution is 9.10. The molecule has 1 aromatic carbocycles. The molecule has 6 nitrogen and oxygen atoms in total. The van der Waals surface area contributed by atoms with Crippen LogP contribution in [0.2, 0.25) is 0 Å². The second-order valence-corrected chi connectivity index (χ2v) is 7.76. The Bertz CT molecular complexity index is 577. The SMILES string of the molecule is CCNC(=O)[C@@H](NC(=O)[C@H](C)NC[C@@H](N)Cc1ccc(Br)cc1)C(C)C. The third kappa shape index (κ3) is 7.85. The largest absolute Gasteiger partial charge is 0.355 e. The predicted molar refractivity (Wildman–Crippen MR) is 109 cm³/mol. The van der Waals surface area contributed by atoms with Crippen LogP contribution in [0.4, 0.5) is 0 Å². The standard InChI is InChI=1S/C19H31BrN4O2/c1-5-22-19(26)17(12(2)3)24-18(25)13(4)23-11-16(21)10-14-6-8-15(20)9-7-14/h6-9,12-13,16-17,23H,5,10-11,21H2,1-4H3,(H,22,26)(H,24,25)/t13-,16-,17-/m0/s1. The highest BCUT2D eigenvalue weighted by Crippen LogP contribution is 2.11. The zero-order valence-corrected chi connectivity index (χ0v) is 17.6. The van der Waals surface area contributed by atoms with E-state index in [2.05, 4.69) is 31.9 Å². The number of nitrogens with two attached hydrogens (primary N) is 1. The molecular weight excluding hydrogens is 396 g/mol. The lowest BCUT2D eigenvalue weighted by atomic mass is 10.0. The summed E-state index contributed by atoms with van der Waals surface area (Å²) < 4.78 is 1.03. The Kier molecular flexibility index (Phi) is 9.83. The number of likely N-dealkylation sites (N-methyl/N-ethyl adjacent to an activating group) is 1. The van der Waals surface area contributed by atoms with Crippen LogP contribution in [0.15, 0.2) is 28.7 Å². The number of hydrogen-bond donors (Lipinski definition) is 4. The fourth-order valence-electron chi connectivity index (χ4n) is 2.51. The Hall–Kier alpha value is -1.44. The van der Waals surface area contributed by atoms with Crippen molar-refractivity contribution in [1.29, 1.82) is 0 Å². The Labute approximate surface area is 164 Å². The minimum Gasteiger partial charge on any atom is -0.355 e. The number of halogens is 1. The molecule has 0 heterocycles. The second-order valence-electron chi connectivity index (χ2n) is 6.85. The molecule has 0 saturated heterocycles. The van der Waals surface area contributed by atoms with E-state index in [0.717, 1.165) is 16.5 Å². The van der Waals surface area contributed by atoms with E-state index in [0.29, 0.717) is 13.1 Å². The first-order chi connectivity index (χ1) is 12.2. The summed E-state index contributed by atoms with van der Waals surface area (Å²) in [5.74, 6) is -0.349. The van der Waals surface area contributed by atoms with Crippen LogP contribution in [0.25, 0.3) is 0 Å². The minimum absolute atomic E-state index is 0.0114. The molecule has 7 heteroatoms. The van der Waals surface area contributed by atoms with Crippen LogP contribution in [0.3, 0.4) is 0 Å². The van der Waals surface area contributed by atoms with Crippen LogP contribution in [0.5, 0.6) is 0 Å². The first kappa shape index (κ1) is 22.6. The van der Waals surface area contributed by atoms with Gasteiger partial charge in [-0.25, -0.2) is 0 Å². The van der Waals surface area contributed by atoms with E-state index in [4.69, 9.17) is 5.73 Å². The summed E-state index contributed by atoms with van der Waals surface area (Å²) in [6.07, 6.45) is 0.724. The molecule has 0 bridgehead atoms. The average Bonchev–Trinajstić information content (AvgIpc) is 2.59. The molecule has 1 rings (SSSR count). The lowest BCUT2D eigenvalue weighted by Gasteiger charge is -2.24. The molecule has 5 N–H and O–H groups in total. The van der Waals surface area contributed by atoms with Crippen molar-refractivity contribution in [3.05, 3.63) is 34.3 Å². The number of hydrogen-bond acceptors (Lipinski definition) is 4. The normalized spacial score (nSPS) is 14.6. The molecule has 146 valence electrons. The van der Waals surface area contributed by atoms with E-state index < -0.39 is 12.1 Å². The molecule has 0 aliphatic heterocycles. The van der Waals surface area contributed by atoms with Gasteiger partial charge in [0.05, 0.1) is 6.04 Å². The molecule has 2 amide bonds. The third-order valence-corrected chi connectivity index (χ3v) is 4.62. The van der Waals surface area contributed by atoms with E-state index in [9.17, 15) is 9.59 Å². The van der Waals surface area contributed by atoms with Crippen molar-refractivity contribution in [2.75, 3.05) is 13.1 Å². The summed E-state index contributed by atoms with van der Waals surface area (Å²) in [7, 11) is 0. The van der Waals surface area contributed by atoms with E-state index in [1.165, 1.54) is 0 Å². The zero-order chi connectivity index (χ0) is 19.7. The molecule has 0 aliphatic rings. The van der Waals surface area contributed by atoms with Gasteiger partial charge in [-0.1, -0.05) is 41.9 Å². The molecule has 0 spiro atoms. The second kappa shape index (κ2) is 11.3. The Morgan fingerprint density at radius 1 is 1.12 bits per heavy atom. The maximum atomic E-state index is 12.4. The number of benzene rings is 1. The Morgan fingerprint density at radius 3 is 2.27 bits per heavy atom. The highest BCUT2D eigenvalue weighted by atomic mass is 79.9. The Morgan fingerprint density at radius 2 is 1.73 bits per heavy atom. The van der Waals surface area contributed by atoms with Gasteiger partial charge < -0.3 is 21.7 Å². The van der Waals surface area contributed by atoms with Crippen molar-refractivity contribution < 1.29 is 9.59 Å². The number of amides is 2. The summed E-state index contributed by atoms with van der Waals surface area (Å²) in [4.78, 5) is 24.4. The van der Waals surface area contributed by atoms with Gasteiger partial charge in [0.1, 0.15) is 6.04 Å². The van der Waals surface area contributed by atoms with Crippen molar-refractivity contribution in [2.45, 2.75) is 52.2 Å². The summed E-state index contributed by atoms with van der Waals surface area (Å²) in [5, 5.41) is 8.73. The maximum absolute atomic E-state index is 12.4. The molecule has 0 fully saturated rings. The van der Waals surface area contributed by atoms with Crippen molar-refractivity contribution in [3.8, 4) is 0 Å². The van der Waals surface area contributed by atoms with E-state index in [1.54, 1.807) is 6.92 Å². The fraction of sp³-hybridized carbons (Fsp3) is 0.579. The number of rotatable bonds is 10. The van der Waals surface area contributed by atoms with E-state index >= 15 is 0 Å². The topological polar surface area (TPSA) is 96.2 Å². The van der Waals surface area contributed by atoms with Gasteiger partial charge >= 0.3 is 0 Å². The lowest BCUT2D eigenvalue weighted by Crippen LogP contribution is -2.55. The summed E-state index contributed by atoms with van der Waals surface area (Å²) in [5.41, 5.74) is 7.31. The summed E-state index contributed by atoms with van der Waals surface area (Å²) in [6.45, 7) is 8.50. The van der Waals surface area contributed by atoms with Crippen LogP contribution < -0.4 is 21.7 Å². The fourth-order valence-corrected chi connectivity index (χ4v) is 2.78. The number of nitrogens with one attached hydrogen (secondary N) is 3. The van der Waals surface area contributed by atoms with E-state index in [1.807, 2.05) is 45.0 Å². The van der Waals surface area contributed by atoms with Crippen molar-refractivity contribution in [2.24, 2.45) is 11.7 Å². The van der Waals surface area contributed by atoms with Gasteiger partial charge in [-0.3, -0.25) is 9.59 Å². The molecule has 0 unspecified atom stereocenters. The zero-order valence-electron chi connectivity index (χ0n) is 16.0. The van der Waals surface area contributed by atoms with E-state index in [-0.39, 0.29) is 23.8 Å². The molecule has 3 atom stereocenters. The van der Waals surface area contributed by atoms with Crippen LogP contribution >= 0.6 is 15.9 Å². The molecule has 26 heavy (non-hydrogen) atoms. The van der Waals surface area contributed by atoms with Crippen molar-refractivity contribution in [3.63, 3.8) is 0 Å². The quantitative estimate of drug-likeness (QED) is 0.456. The van der Waals surface area contributed by atoms with Crippen molar-refractivity contribution >= 4 is 27.7 Å². The van der Waals surface area contributed by atoms with Gasteiger partial charge in [0.15, 0.2) is 0 Å². The van der Waals surface area contributed by atoms with Gasteiger partial charge in [0.2, 0.25) is 11.8 Å². The highest BCUT2D eigenvalue weighted by Gasteiger charge is 2.25. The van der Waals surface area contributed by atoms with Crippen LogP contribution in [0.1, 0.15) is 33.3 Å². The van der Waals surface area contributed by atoms with Gasteiger partial charge in [-0.05, 0) is 43.9 Å². The van der Waals surface area contributed by atoms with Crippen LogP contribution in [-0.4, -0.2) is 43.0 Å². The number of carbonyl (C=O) groups is 2. The summed E-state index contributed by atoms with van der Waals surface area (Å²) >= 11 is 3.41. The van der Waals surface area contributed by atoms with Crippen molar-refractivity contribution in [1.82, 2.24) is 16.0 Å². The van der Waals surface area contributed by atoms with Gasteiger partial charge in [-0.15, -0.1) is 0 Å². The molecule has 1 aromatic rings. The molecular formula is C19H31BrN4O2. The number of carbonyl (C=O) groups excluding carboxylic acids is 2. The first-order valence-electron chi connectivity index (χ1n) is 9.06. The van der Waals surface area contributed by atoms with Gasteiger partial charge in [-0.2, -0.15) is 0 Å². The van der Waals surface area contributed by atoms with Crippen LogP contribution in [0, 0.1) is 5.92 Å². The third-order valence-electron chi connectivity index (χ3n) is 4.09. The predicted octanol–water partition coefficient (Wildman–Crippen LogP) is 1.57. The lowest BCUT2D eigenvalue weighted by molar-refractivity contribution is -0.130. The molecule has 0 saturated carbocycles. The van der Waals surface area contributed by atoms with Crippen LogP contribution in [-0.2, 0) is 16.0 Å². The first-order valence-corrected chi connectivity index (χ1v) is 9.85. The molecule has 0 aliphatic carbocycles. The molecule has 0 aromatic heterocycles. The maximum Gasteiger partial charge on any atom is 0.242 e. The minimum atomic E-state index is -0.539. The monoisotopic (exact) mass is 426 g/mol. The van der Waals surface area contributed by atoms with Gasteiger partial charge in [0.25, 0.3) is 0 Å². The van der Waals surface area contributed by atoms with Gasteiger partial charge in [0, 0.05) is 23.6 Å². The smallest absolute Gasteiger partial charge is 0.242 e. The Balaban J connectivity index is 2.47. The summed E-state index contributed by atoms with van der Waals surface area (Å²) in [6, 6.07) is 6.96. The average molecular weight is 427 g/mol.